The Morgan fingerprint density at radius 2 is 1.88 bits per heavy atom. The summed E-state index contributed by atoms with van der Waals surface area (Å²) in [6, 6.07) is 13.0. The molecule has 3 rings (SSSR count). The molecule has 0 unspecified atom stereocenters. The van der Waals surface area contributed by atoms with Crippen molar-refractivity contribution in [3.05, 3.63) is 65.5 Å². The minimum atomic E-state index is -0.299. The molecule has 0 aliphatic heterocycles. The molecule has 1 aliphatic rings. The van der Waals surface area contributed by atoms with Gasteiger partial charge < -0.3 is 10.2 Å². The van der Waals surface area contributed by atoms with Crippen molar-refractivity contribution in [3.8, 4) is 0 Å². The van der Waals surface area contributed by atoms with Crippen LogP contribution in [0.4, 0.5) is 10.1 Å². The lowest BCUT2D eigenvalue weighted by atomic mass is 10.1. The number of amides is 2. The lowest BCUT2D eigenvalue weighted by molar-refractivity contribution is -0.117. The number of carbonyl (C=O) groups excluding carboxylic acids is 2. The summed E-state index contributed by atoms with van der Waals surface area (Å²) in [5.74, 6) is -0.321. The zero-order valence-electron chi connectivity index (χ0n) is 13.5. The van der Waals surface area contributed by atoms with E-state index in [9.17, 15) is 14.0 Å². The first-order chi connectivity index (χ1) is 11.5. The molecule has 1 N–H and O–H groups in total. The van der Waals surface area contributed by atoms with E-state index in [0.29, 0.717) is 17.8 Å². The van der Waals surface area contributed by atoms with Crippen LogP contribution in [0.15, 0.2) is 48.5 Å². The highest BCUT2D eigenvalue weighted by molar-refractivity contribution is 5.98. The van der Waals surface area contributed by atoms with E-state index in [4.69, 9.17) is 0 Å². The molecule has 4 nitrogen and oxygen atoms in total. The van der Waals surface area contributed by atoms with Crippen LogP contribution in [0, 0.1) is 11.7 Å². The lowest BCUT2D eigenvalue weighted by Crippen LogP contribution is -2.26. The SMILES string of the molecule is CN(Cc1ccc(F)cc1)C(=O)c1cccc(NC(=O)C2CC2)c1. The minimum absolute atomic E-state index is 0.0132. The molecular weight excluding hydrogens is 307 g/mol. The highest BCUT2D eigenvalue weighted by Gasteiger charge is 2.29. The second kappa shape index (κ2) is 6.83. The fraction of sp³-hybridized carbons (Fsp3) is 0.263. The predicted octanol–water partition coefficient (Wildman–Crippen LogP) is 3.45. The maximum Gasteiger partial charge on any atom is 0.253 e. The second-order valence-electron chi connectivity index (χ2n) is 6.13. The highest BCUT2D eigenvalue weighted by Crippen LogP contribution is 2.30. The van der Waals surface area contributed by atoms with Gasteiger partial charge in [-0.2, -0.15) is 0 Å². The third-order valence-corrected chi connectivity index (χ3v) is 4.00. The summed E-state index contributed by atoms with van der Waals surface area (Å²) >= 11 is 0. The highest BCUT2D eigenvalue weighted by atomic mass is 19.1. The smallest absolute Gasteiger partial charge is 0.253 e. The number of hydrogen-bond acceptors (Lipinski definition) is 2. The van der Waals surface area contributed by atoms with Crippen molar-refractivity contribution in [3.63, 3.8) is 0 Å². The summed E-state index contributed by atoms with van der Waals surface area (Å²) in [6.45, 7) is 0.387. The topological polar surface area (TPSA) is 49.4 Å². The van der Waals surface area contributed by atoms with Crippen LogP contribution >= 0.6 is 0 Å². The van der Waals surface area contributed by atoms with Gasteiger partial charge in [-0.25, -0.2) is 4.39 Å². The number of benzene rings is 2. The van der Waals surface area contributed by atoms with Crippen molar-refractivity contribution >= 4 is 17.5 Å². The van der Waals surface area contributed by atoms with E-state index in [1.165, 1.54) is 12.1 Å². The molecule has 24 heavy (non-hydrogen) atoms. The molecule has 0 radical (unpaired) electrons. The van der Waals surface area contributed by atoms with Gasteiger partial charge in [0.2, 0.25) is 5.91 Å². The number of nitrogens with one attached hydrogen (secondary N) is 1. The second-order valence-corrected chi connectivity index (χ2v) is 6.13. The molecule has 1 fully saturated rings. The van der Waals surface area contributed by atoms with Gasteiger partial charge >= 0.3 is 0 Å². The quantitative estimate of drug-likeness (QED) is 0.915. The molecule has 0 atom stereocenters. The van der Waals surface area contributed by atoms with E-state index in [1.807, 2.05) is 0 Å². The molecule has 2 aromatic rings. The molecule has 124 valence electrons. The minimum Gasteiger partial charge on any atom is -0.337 e. The molecule has 0 aromatic heterocycles. The van der Waals surface area contributed by atoms with Crippen molar-refractivity contribution in [1.29, 1.82) is 0 Å². The molecule has 0 bridgehead atoms. The van der Waals surface area contributed by atoms with Crippen molar-refractivity contribution in [2.24, 2.45) is 5.92 Å². The Kier molecular flexibility index (Phi) is 4.60. The van der Waals surface area contributed by atoms with Crippen LogP contribution in [0.3, 0.4) is 0 Å². The Morgan fingerprint density at radius 1 is 1.17 bits per heavy atom. The van der Waals surface area contributed by atoms with Crippen LogP contribution in [0.25, 0.3) is 0 Å². The van der Waals surface area contributed by atoms with E-state index in [2.05, 4.69) is 5.32 Å². The molecular formula is C19H19FN2O2. The van der Waals surface area contributed by atoms with Gasteiger partial charge in [0.1, 0.15) is 5.82 Å². The van der Waals surface area contributed by atoms with Crippen molar-refractivity contribution in [2.75, 3.05) is 12.4 Å². The summed E-state index contributed by atoms with van der Waals surface area (Å²) in [4.78, 5) is 25.9. The molecule has 0 saturated heterocycles. The number of halogens is 1. The van der Waals surface area contributed by atoms with E-state index in [0.717, 1.165) is 18.4 Å². The Labute approximate surface area is 140 Å². The summed E-state index contributed by atoms with van der Waals surface area (Å²) in [6.07, 6.45) is 1.87. The molecule has 1 aliphatic carbocycles. The fourth-order valence-electron chi connectivity index (χ4n) is 2.48. The molecule has 0 spiro atoms. The van der Waals surface area contributed by atoms with E-state index in [-0.39, 0.29) is 23.5 Å². The lowest BCUT2D eigenvalue weighted by Gasteiger charge is -2.18. The first-order valence-corrected chi connectivity index (χ1v) is 7.94. The third-order valence-electron chi connectivity index (χ3n) is 4.00. The Balaban J connectivity index is 1.66. The number of nitrogens with zero attached hydrogens (tertiary/aromatic N) is 1. The van der Waals surface area contributed by atoms with E-state index >= 15 is 0 Å². The maximum absolute atomic E-state index is 12.9. The van der Waals surface area contributed by atoms with Gasteiger partial charge in [-0.05, 0) is 48.7 Å². The first kappa shape index (κ1) is 16.2. The third kappa shape index (κ3) is 3.98. The van der Waals surface area contributed by atoms with Crippen LogP contribution in [-0.4, -0.2) is 23.8 Å². The fourth-order valence-corrected chi connectivity index (χ4v) is 2.48. The standard InChI is InChI=1S/C19H19FN2O2/c1-22(12-13-5-9-16(20)10-6-13)19(24)15-3-2-4-17(11-15)21-18(23)14-7-8-14/h2-6,9-11,14H,7-8,12H2,1H3,(H,21,23). The van der Waals surface area contributed by atoms with Crippen molar-refractivity contribution in [2.45, 2.75) is 19.4 Å². The zero-order valence-corrected chi connectivity index (χ0v) is 13.5. The summed E-state index contributed by atoms with van der Waals surface area (Å²) in [7, 11) is 1.70. The largest absolute Gasteiger partial charge is 0.337 e. The molecule has 1 saturated carbocycles. The number of carbonyl (C=O) groups is 2. The van der Waals surface area contributed by atoms with Gasteiger partial charge in [-0.15, -0.1) is 0 Å². The average molecular weight is 326 g/mol. The Morgan fingerprint density at radius 3 is 2.54 bits per heavy atom. The predicted molar refractivity (Wildman–Crippen MR) is 90.0 cm³/mol. The summed E-state index contributed by atoms with van der Waals surface area (Å²) in [5.41, 5.74) is 1.99. The van der Waals surface area contributed by atoms with Gasteiger partial charge in [0.05, 0.1) is 0 Å². The van der Waals surface area contributed by atoms with E-state index < -0.39 is 0 Å². The molecule has 5 heteroatoms. The summed E-state index contributed by atoms with van der Waals surface area (Å²) < 4.78 is 12.9. The van der Waals surface area contributed by atoms with Crippen LogP contribution in [0.5, 0.6) is 0 Å². The van der Waals surface area contributed by atoms with Crippen LogP contribution in [0.1, 0.15) is 28.8 Å². The van der Waals surface area contributed by atoms with Gasteiger partial charge in [0, 0.05) is 30.8 Å². The average Bonchev–Trinajstić information content (AvgIpc) is 3.41. The number of rotatable bonds is 5. The van der Waals surface area contributed by atoms with Gasteiger partial charge in [0.15, 0.2) is 0 Å². The van der Waals surface area contributed by atoms with Gasteiger partial charge in [-0.3, -0.25) is 9.59 Å². The maximum atomic E-state index is 12.9. The van der Waals surface area contributed by atoms with Crippen molar-refractivity contribution < 1.29 is 14.0 Å². The van der Waals surface area contributed by atoms with Crippen LogP contribution < -0.4 is 5.32 Å². The van der Waals surface area contributed by atoms with Gasteiger partial charge in [0.25, 0.3) is 5.91 Å². The number of hydrogen-bond donors (Lipinski definition) is 1. The monoisotopic (exact) mass is 326 g/mol. The van der Waals surface area contributed by atoms with Crippen LogP contribution in [-0.2, 0) is 11.3 Å². The Hall–Kier alpha value is -2.69. The molecule has 2 amide bonds. The number of anilines is 1. The Bertz CT molecular complexity index is 754. The summed E-state index contributed by atoms with van der Waals surface area (Å²) in [5, 5.41) is 2.84. The molecule has 0 heterocycles. The van der Waals surface area contributed by atoms with Crippen molar-refractivity contribution in [1.82, 2.24) is 4.90 Å². The zero-order chi connectivity index (χ0) is 17.1. The first-order valence-electron chi connectivity index (χ1n) is 7.94. The normalized spacial score (nSPS) is 13.4. The van der Waals surface area contributed by atoms with Gasteiger partial charge in [-0.1, -0.05) is 18.2 Å². The van der Waals surface area contributed by atoms with E-state index in [1.54, 1.807) is 48.3 Å². The molecule has 2 aromatic carbocycles. The van der Waals surface area contributed by atoms with Crippen LogP contribution in [0.2, 0.25) is 0 Å².